The molecule has 2 saturated heterocycles. The molecule has 2 heterocycles. The fraction of sp³-hybridized carbons (Fsp3) is 0.632. The number of carbonyl (C=O) groups excluding carboxylic acids is 1. The van der Waals surface area contributed by atoms with Gasteiger partial charge in [0.25, 0.3) is 0 Å². The molecule has 0 aliphatic carbocycles. The highest BCUT2D eigenvalue weighted by molar-refractivity contribution is 6.47. The van der Waals surface area contributed by atoms with Gasteiger partial charge < -0.3 is 18.9 Å². The molecule has 3 rings (SSSR count). The molecule has 2 fully saturated rings. The fourth-order valence-electron chi connectivity index (χ4n) is 3.44. The molecule has 1 aromatic rings. The first-order chi connectivity index (χ1) is 12.6. The lowest BCUT2D eigenvalue weighted by Crippen LogP contribution is -2.41. The summed E-state index contributed by atoms with van der Waals surface area (Å²) in [4.78, 5) is 14.4. The molecule has 8 heteroatoms. The lowest BCUT2D eigenvalue weighted by molar-refractivity contribution is -0.129. The van der Waals surface area contributed by atoms with Crippen LogP contribution < -0.4 is 4.74 Å². The van der Waals surface area contributed by atoms with Crippen molar-refractivity contribution in [3.05, 3.63) is 29.8 Å². The van der Waals surface area contributed by atoms with Gasteiger partial charge in [-0.05, 0) is 51.8 Å². The summed E-state index contributed by atoms with van der Waals surface area (Å²) in [6, 6.07) is 6.27. The van der Waals surface area contributed by atoms with Gasteiger partial charge in [0.1, 0.15) is 5.75 Å². The molecule has 0 spiro atoms. The summed E-state index contributed by atoms with van der Waals surface area (Å²) < 4.78 is 41.3. The molecule has 0 bridgehead atoms. The van der Waals surface area contributed by atoms with Gasteiger partial charge in [-0.15, -0.1) is 0 Å². The summed E-state index contributed by atoms with van der Waals surface area (Å²) in [6.45, 7) is 6.39. The van der Waals surface area contributed by atoms with Crippen LogP contribution in [0.2, 0.25) is 5.82 Å². The smallest absolute Gasteiger partial charge is 0.435 e. The van der Waals surface area contributed by atoms with Crippen LogP contribution in [0.4, 0.5) is 8.78 Å². The molecule has 1 amide bonds. The van der Waals surface area contributed by atoms with Crippen LogP contribution in [0.25, 0.3) is 0 Å². The van der Waals surface area contributed by atoms with Gasteiger partial charge in [-0.3, -0.25) is 4.79 Å². The molecule has 1 atom stereocenters. The number of benzene rings is 1. The van der Waals surface area contributed by atoms with Gasteiger partial charge in [0.05, 0.1) is 17.6 Å². The van der Waals surface area contributed by atoms with Crippen molar-refractivity contribution in [3.63, 3.8) is 0 Å². The Morgan fingerprint density at radius 3 is 2.59 bits per heavy atom. The Labute approximate surface area is 159 Å². The molecule has 2 aliphatic rings. The largest absolute Gasteiger partial charge is 0.463 e. The SMILES string of the molecule is CC1(C)OB(C2CCN(C(=O)Cc3cccc(OC(F)F)c3)C2)OC1(C)C. The molecular weight excluding hydrogens is 355 g/mol. The minimum absolute atomic E-state index is 0.0387. The van der Waals surface area contributed by atoms with Crippen molar-refractivity contribution < 1.29 is 27.6 Å². The normalized spacial score (nSPS) is 23.9. The molecular formula is C19H26BF2NO4. The number of rotatable bonds is 5. The van der Waals surface area contributed by atoms with Crippen LogP contribution in [-0.2, 0) is 20.5 Å². The van der Waals surface area contributed by atoms with Crippen LogP contribution in [0.1, 0.15) is 39.7 Å². The van der Waals surface area contributed by atoms with Gasteiger partial charge in [0.15, 0.2) is 0 Å². The standard InChI is InChI=1S/C19H26BF2NO4/c1-18(2)19(3,4)27-20(26-18)14-8-9-23(12-14)16(24)11-13-6-5-7-15(10-13)25-17(21)22/h5-7,10,14,17H,8-9,11-12H2,1-4H3. The average Bonchev–Trinajstić information content (AvgIpc) is 3.10. The molecule has 27 heavy (non-hydrogen) atoms. The first kappa shape index (κ1) is 20.1. The van der Waals surface area contributed by atoms with E-state index >= 15 is 0 Å². The number of halogens is 2. The Morgan fingerprint density at radius 2 is 1.96 bits per heavy atom. The van der Waals surface area contributed by atoms with Crippen LogP contribution in [0.5, 0.6) is 5.75 Å². The zero-order chi connectivity index (χ0) is 19.8. The van der Waals surface area contributed by atoms with Crippen molar-refractivity contribution in [1.29, 1.82) is 0 Å². The topological polar surface area (TPSA) is 48.0 Å². The van der Waals surface area contributed by atoms with E-state index in [0.29, 0.717) is 18.7 Å². The first-order valence-corrected chi connectivity index (χ1v) is 9.24. The van der Waals surface area contributed by atoms with E-state index in [-0.39, 0.29) is 42.2 Å². The highest BCUT2D eigenvalue weighted by Crippen LogP contribution is 2.42. The van der Waals surface area contributed by atoms with Crippen molar-refractivity contribution in [2.45, 2.75) is 64.2 Å². The minimum Gasteiger partial charge on any atom is -0.435 e. The van der Waals surface area contributed by atoms with Crippen molar-refractivity contribution in [3.8, 4) is 5.75 Å². The molecule has 1 aromatic carbocycles. The molecule has 0 aromatic heterocycles. The predicted octanol–water partition coefficient (Wildman–Crippen LogP) is 3.53. The van der Waals surface area contributed by atoms with Crippen molar-refractivity contribution in [2.24, 2.45) is 0 Å². The lowest BCUT2D eigenvalue weighted by Gasteiger charge is -2.32. The quantitative estimate of drug-likeness (QED) is 0.733. The van der Waals surface area contributed by atoms with Gasteiger partial charge in [0, 0.05) is 18.9 Å². The molecule has 0 N–H and O–H groups in total. The third-order valence-corrected chi connectivity index (χ3v) is 5.71. The Balaban J connectivity index is 1.57. The van der Waals surface area contributed by atoms with Gasteiger partial charge in [-0.2, -0.15) is 8.78 Å². The third kappa shape index (κ3) is 4.43. The second kappa shape index (κ2) is 7.39. The van der Waals surface area contributed by atoms with E-state index in [1.54, 1.807) is 17.0 Å². The van der Waals surface area contributed by atoms with Gasteiger partial charge >= 0.3 is 13.7 Å². The molecule has 1 unspecified atom stereocenters. The summed E-state index contributed by atoms with van der Waals surface area (Å²) in [7, 11) is -0.324. The third-order valence-electron chi connectivity index (χ3n) is 5.71. The van der Waals surface area contributed by atoms with Gasteiger partial charge in [0.2, 0.25) is 5.91 Å². The maximum absolute atomic E-state index is 12.6. The second-order valence-corrected chi connectivity index (χ2v) is 8.22. The summed E-state index contributed by atoms with van der Waals surface area (Å²) >= 11 is 0. The van der Waals surface area contributed by atoms with E-state index in [1.165, 1.54) is 12.1 Å². The first-order valence-electron chi connectivity index (χ1n) is 9.24. The van der Waals surface area contributed by atoms with E-state index in [4.69, 9.17) is 9.31 Å². The van der Waals surface area contributed by atoms with E-state index < -0.39 is 6.61 Å². The van der Waals surface area contributed by atoms with E-state index in [0.717, 1.165) is 6.42 Å². The van der Waals surface area contributed by atoms with Crippen LogP contribution in [0.3, 0.4) is 0 Å². The number of hydrogen-bond acceptors (Lipinski definition) is 4. The number of hydrogen-bond donors (Lipinski definition) is 0. The fourth-order valence-corrected chi connectivity index (χ4v) is 3.44. The number of nitrogens with zero attached hydrogens (tertiary/aromatic N) is 1. The summed E-state index contributed by atoms with van der Waals surface area (Å²) in [6.07, 6.45) is 0.966. The highest BCUT2D eigenvalue weighted by Gasteiger charge is 2.54. The maximum atomic E-state index is 12.6. The minimum atomic E-state index is -2.88. The van der Waals surface area contributed by atoms with Gasteiger partial charge in [-0.25, -0.2) is 0 Å². The monoisotopic (exact) mass is 381 g/mol. The Kier molecular flexibility index (Phi) is 5.50. The van der Waals surface area contributed by atoms with Crippen molar-refractivity contribution in [1.82, 2.24) is 4.90 Å². The lowest BCUT2D eigenvalue weighted by atomic mass is 9.71. The number of amides is 1. The van der Waals surface area contributed by atoms with Crippen LogP contribution in [-0.4, -0.2) is 48.8 Å². The summed E-state index contributed by atoms with van der Waals surface area (Å²) in [5.74, 6) is 0.151. The van der Waals surface area contributed by atoms with Gasteiger partial charge in [-0.1, -0.05) is 12.1 Å². The molecule has 2 aliphatic heterocycles. The van der Waals surface area contributed by atoms with E-state index in [2.05, 4.69) is 4.74 Å². The summed E-state index contributed by atoms with van der Waals surface area (Å²) in [5, 5.41) is 0. The molecule has 148 valence electrons. The predicted molar refractivity (Wildman–Crippen MR) is 97.8 cm³/mol. The number of ether oxygens (including phenoxy) is 1. The van der Waals surface area contributed by atoms with Crippen molar-refractivity contribution >= 4 is 13.0 Å². The zero-order valence-corrected chi connectivity index (χ0v) is 16.2. The van der Waals surface area contributed by atoms with Crippen LogP contribution in [0.15, 0.2) is 24.3 Å². The van der Waals surface area contributed by atoms with Crippen molar-refractivity contribution in [2.75, 3.05) is 13.1 Å². The molecule has 5 nitrogen and oxygen atoms in total. The average molecular weight is 381 g/mol. The highest BCUT2D eigenvalue weighted by atomic mass is 19.3. The van der Waals surface area contributed by atoms with E-state index in [9.17, 15) is 13.6 Å². The Bertz CT molecular complexity index is 682. The molecule has 0 saturated carbocycles. The Morgan fingerprint density at radius 1 is 1.30 bits per heavy atom. The number of likely N-dealkylation sites (tertiary alicyclic amines) is 1. The zero-order valence-electron chi connectivity index (χ0n) is 16.2. The molecule has 0 radical (unpaired) electrons. The van der Waals surface area contributed by atoms with Crippen LogP contribution in [0, 0.1) is 0 Å². The van der Waals surface area contributed by atoms with Crippen LogP contribution >= 0.6 is 0 Å². The van der Waals surface area contributed by atoms with E-state index in [1.807, 2.05) is 27.7 Å². The second-order valence-electron chi connectivity index (χ2n) is 8.22. The Hall–Kier alpha value is -1.67. The number of alkyl halides is 2. The number of carbonyl (C=O) groups is 1. The maximum Gasteiger partial charge on any atom is 0.463 e. The summed E-state index contributed by atoms with van der Waals surface area (Å²) in [5.41, 5.74) is -0.127.